The van der Waals surface area contributed by atoms with Gasteiger partial charge in [0.25, 0.3) is 0 Å². The zero-order valence-corrected chi connectivity index (χ0v) is 27.5. The van der Waals surface area contributed by atoms with Gasteiger partial charge in [0.1, 0.15) is 0 Å². The molecule has 0 rings (SSSR count). The summed E-state index contributed by atoms with van der Waals surface area (Å²) in [7, 11) is 11.6. The minimum Gasteiger partial charge on any atom is -0.368 e. The number of hydrogen-bond donors (Lipinski definition) is 8. The Bertz CT molecular complexity index is 260. The number of ether oxygens (including phenoxy) is 8. The minimum atomic E-state index is -0.616. The molecule has 16 nitrogen and oxygen atoms in total. The number of rotatable bonds is 8. The summed E-state index contributed by atoms with van der Waals surface area (Å²) in [4.78, 5) is 0. The highest BCUT2D eigenvalue weighted by atomic mass is 27.0. The lowest BCUT2D eigenvalue weighted by atomic mass is 10.8. The van der Waals surface area contributed by atoms with Crippen LogP contribution in [0.3, 0.4) is 0 Å². The van der Waals surface area contributed by atoms with E-state index in [1.807, 2.05) is 0 Å². The van der Waals surface area contributed by atoms with Gasteiger partial charge in [-0.1, -0.05) is 0 Å². The van der Waals surface area contributed by atoms with Crippen molar-refractivity contribution in [3.05, 3.63) is 0 Å². The molecule has 0 bridgehead atoms. The molecule has 8 unspecified atom stereocenters. The molecule has 0 fully saturated rings. The van der Waals surface area contributed by atoms with Gasteiger partial charge in [-0.3, -0.25) is 0 Å². The van der Waals surface area contributed by atoms with Crippen molar-refractivity contribution in [1.82, 2.24) is 0 Å². The van der Waals surface area contributed by atoms with Crippen molar-refractivity contribution < 1.29 is 78.7 Å². The maximum absolute atomic E-state index is 8.14. The molecule has 0 aromatic carbocycles. The zero-order chi connectivity index (χ0) is 34.3. The quantitative estimate of drug-likeness (QED) is 0.100. The Morgan fingerprint density at radius 3 is 0.286 bits per heavy atom. The molecule has 0 saturated carbocycles. The molecule has 8 atom stereocenters. The van der Waals surface area contributed by atoms with Crippen LogP contribution in [0.5, 0.6) is 0 Å². The van der Waals surface area contributed by atoms with Crippen LogP contribution in [0.15, 0.2) is 0 Å². The monoisotopic (exact) mass is 664 g/mol. The van der Waals surface area contributed by atoms with Crippen LogP contribution in [-0.2, 0) is 37.9 Å². The van der Waals surface area contributed by atoms with Gasteiger partial charge in [-0.2, -0.15) is 0 Å². The SMILES string of the molecule is COC(C)O.COC(C)O.COC(C)O.COC(C)O.COC(C)O.COC(C)O.COC(C)O.COC(C)O.[AlH3].[MgH2]. The highest BCUT2D eigenvalue weighted by Crippen LogP contribution is 1.75. The van der Waals surface area contributed by atoms with E-state index in [1.54, 1.807) is 55.4 Å². The van der Waals surface area contributed by atoms with Gasteiger partial charge < -0.3 is 78.7 Å². The smallest absolute Gasteiger partial charge is 0.316 e. The summed E-state index contributed by atoms with van der Waals surface area (Å²) in [5, 5.41) is 65.1. The first kappa shape index (κ1) is 69.4. The van der Waals surface area contributed by atoms with Crippen LogP contribution in [0.4, 0.5) is 0 Å². The molecule has 0 aromatic heterocycles. The molecule has 42 heavy (non-hydrogen) atoms. The standard InChI is InChI=1S/8C3H8O2.Al.Mg.5H/c8*1-3(4)5-2;;;;;;;/h8*3-4H,1-2H3;;;;;;;. The first-order valence-electron chi connectivity index (χ1n) is 11.8. The van der Waals surface area contributed by atoms with Crippen LogP contribution >= 0.6 is 0 Å². The van der Waals surface area contributed by atoms with Gasteiger partial charge in [0, 0.05) is 56.9 Å². The third-order valence-electron chi connectivity index (χ3n) is 2.73. The third kappa shape index (κ3) is 230. The molecule has 0 saturated heterocycles. The van der Waals surface area contributed by atoms with Crippen molar-refractivity contribution in [2.45, 2.75) is 106 Å². The summed E-state index contributed by atoms with van der Waals surface area (Å²) >= 11 is 0. The van der Waals surface area contributed by atoms with Crippen molar-refractivity contribution >= 4 is 40.4 Å². The maximum Gasteiger partial charge on any atom is 0.316 e. The molecular formula is C24H69AlMgO16. The second-order valence-corrected chi connectivity index (χ2v) is 6.68. The molecule has 18 heteroatoms. The van der Waals surface area contributed by atoms with E-state index >= 15 is 0 Å². The van der Waals surface area contributed by atoms with Gasteiger partial charge in [-0.05, 0) is 55.4 Å². The first-order chi connectivity index (χ1) is 18.2. The second-order valence-electron chi connectivity index (χ2n) is 6.68. The molecule has 8 N–H and O–H groups in total. The van der Waals surface area contributed by atoms with Crippen LogP contribution < -0.4 is 0 Å². The number of aliphatic hydroxyl groups is 8. The zero-order valence-electron chi connectivity index (χ0n) is 27.5. The summed E-state index contributed by atoms with van der Waals surface area (Å²) in [5.41, 5.74) is 0. The molecule has 0 aromatic rings. The third-order valence-corrected chi connectivity index (χ3v) is 2.73. The average Bonchev–Trinajstić information content (AvgIpc) is 2.90. The van der Waals surface area contributed by atoms with Crippen molar-refractivity contribution in [2.75, 3.05) is 56.9 Å². The molecule has 0 amide bonds. The Morgan fingerprint density at radius 1 is 0.262 bits per heavy atom. The Kier molecular flexibility index (Phi) is 107. The molecule has 0 aliphatic carbocycles. The van der Waals surface area contributed by atoms with Gasteiger partial charge >= 0.3 is 23.1 Å². The van der Waals surface area contributed by atoms with Crippen LogP contribution in [0.1, 0.15) is 55.4 Å². The molecule has 0 radical (unpaired) electrons. The molecule has 0 aliphatic rings. The van der Waals surface area contributed by atoms with Crippen molar-refractivity contribution in [1.29, 1.82) is 0 Å². The van der Waals surface area contributed by atoms with E-state index < -0.39 is 50.3 Å². The van der Waals surface area contributed by atoms with E-state index in [9.17, 15) is 0 Å². The fourth-order valence-corrected chi connectivity index (χ4v) is 0. The summed E-state index contributed by atoms with van der Waals surface area (Å²) in [6, 6.07) is 0. The van der Waals surface area contributed by atoms with E-state index in [1.165, 1.54) is 56.9 Å². The lowest BCUT2D eigenvalue weighted by Gasteiger charge is -1.94. The van der Waals surface area contributed by atoms with E-state index in [4.69, 9.17) is 40.9 Å². The van der Waals surface area contributed by atoms with E-state index in [0.717, 1.165) is 0 Å². The Balaban J connectivity index is -0.0000000346. The van der Waals surface area contributed by atoms with Crippen molar-refractivity contribution in [2.24, 2.45) is 0 Å². The van der Waals surface area contributed by atoms with Gasteiger partial charge in [0.15, 0.2) is 67.7 Å². The van der Waals surface area contributed by atoms with E-state index in [0.29, 0.717) is 0 Å². The first-order valence-corrected chi connectivity index (χ1v) is 11.8. The fraction of sp³-hybridized carbons (Fsp3) is 1.00. The van der Waals surface area contributed by atoms with Crippen LogP contribution in [0, 0.1) is 0 Å². The van der Waals surface area contributed by atoms with E-state index in [2.05, 4.69) is 37.9 Å². The van der Waals surface area contributed by atoms with Crippen LogP contribution in [-0.4, -0.2) is 188 Å². The summed E-state index contributed by atoms with van der Waals surface area (Å²) in [5.74, 6) is 0. The number of aliphatic hydroxyl groups excluding tert-OH is 8. The Morgan fingerprint density at radius 2 is 0.286 bits per heavy atom. The largest absolute Gasteiger partial charge is 0.368 e. The van der Waals surface area contributed by atoms with Gasteiger partial charge in [0.05, 0.1) is 0 Å². The lowest BCUT2D eigenvalue weighted by molar-refractivity contribution is -0.0588. The Labute approximate surface area is 281 Å². The predicted molar refractivity (Wildman–Crippen MR) is 168 cm³/mol. The van der Waals surface area contributed by atoms with Crippen LogP contribution in [0.2, 0.25) is 0 Å². The summed E-state index contributed by atoms with van der Waals surface area (Å²) < 4.78 is 34.4. The second kappa shape index (κ2) is 64.6. The molecular weight excluding hydrogens is 596 g/mol. The van der Waals surface area contributed by atoms with Crippen molar-refractivity contribution in [3.63, 3.8) is 0 Å². The predicted octanol–water partition coefficient (Wildman–Crippen LogP) is -2.33. The van der Waals surface area contributed by atoms with E-state index in [-0.39, 0.29) is 40.4 Å². The average molecular weight is 665 g/mol. The fourth-order valence-electron chi connectivity index (χ4n) is 0. The normalized spacial score (nSPS) is 14.3. The lowest BCUT2D eigenvalue weighted by Crippen LogP contribution is -1.99. The van der Waals surface area contributed by atoms with Gasteiger partial charge in [0.2, 0.25) is 0 Å². The molecule has 0 heterocycles. The highest BCUT2D eigenvalue weighted by molar-refractivity contribution is 5.76. The van der Waals surface area contributed by atoms with Gasteiger partial charge in [-0.15, -0.1) is 0 Å². The molecule has 0 aliphatic heterocycles. The maximum atomic E-state index is 8.14. The van der Waals surface area contributed by atoms with Crippen molar-refractivity contribution in [3.8, 4) is 0 Å². The molecule has 266 valence electrons. The molecule has 0 spiro atoms. The Hall–Kier alpha value is 0.659. The highest BCUT2D eigenvalue weighted by Gasteiger charge is 1.83. The summed E-state index contributed by atoms with van der Waals surface area (Å²) in [6.45, 7) is 12.4. The minimum absolute atomic E-state index is 0. The topological polar surface area (TPSA) is 236 Å². The number of methoxy groups -OCH3 is 8. The van der Waals surface area contributed by atoms with Crippen LogP contribution in [0.25, 0.3) is 0 Å². The van der Waals surface area contributed by atoms with Gasteiger partial charge in [-0.25, -0.2) is 0 Å². The summed E-state index contributed by atoms with van der Waals surface area (Å²) in [6.07, 6.45) is -4.93. The number of hydrogen-bond acceptors (Lipinski definition) is 16.